The van der Waals surface area contributed by atoms with Gasteiger partial charge in [0.05, 0.1) is 5.69 Å². The highest BCUT2D eigenvalue weighted by molar-refractivity contribution is 5.81. The van der Waals surface area contributed by atoms with Crippen molar-refractivity contribution in [3.63, 3.8) is 0 Å². The average molecular weight is 268 g/mol. The normalized spacial score (nSPS) is 17.0. The molecule has 0 aliphatic heterocycles. The van der Waals surface area contributed by atoms with Gasteiger partial charge in [0.15, 0.2) is 0 Å². The molecule has 2 heteroatoms. The van der Waals surface area contributed by atoms with Crippen molar-refractivity contribution in [3.8, 4) is 0 Å². The second-order valence-corrected chi connectivity index (χ2v) is 5.83. The van der Waals surface area contributed by atoms with Crippen molar-refractivity contribution in [2.45, 2.75) is 46.5 Å². The molecule has 0 spiro atoms. The van der Waals surface area contributed by atoms with E-state index in [1.54, 1.807) is 6.20 Å². The molecule has 0 radical (unpaired) electrons. The highest BCUT2D eigenvalue weighted by Gasteiger charge is 2.26. The smallest absolute Gasteiger partial charge is 0.0667 e. The second kappa shape index (κ2) is 6.08. The minimum absolute atomic E-state index is 0.719. The molecule has 0 bridgehead atoms. The lowest BCUT2D eigenvalue weighted by Gasteiger charge is -2.08. The number of nitrogens with two attached hydrogens (primary N) is 1. The maximum Gasteiger partial charge on any atom is 0.0667 e. The molecule has 0 heterocycles. The van der Waals surface area contributed by atoms with Crippen LogP contribution in [0.15, 0.2) is 40.5 Å². The quantitative estimate of drug-likeness (QED) is 0.624. The molecule has 0 atom stereocenters. The van der Waals surface area contributed by atoms with Crippen LogP contribution in [0.4, 0.5) is 5.69 Å². The topological polar surface area (TPSA) is 38.4 Å². The maximum atomic E-state index is 5.49. The van der Waals surface area contributed by atoms with Crippen LogP contribution in [0.25, 0.3) is 0 Å². The van der Waals surface area contributed by atoms with Crippen molar-refractivity contribution >= 4 is 11.9 Å². The Morgan fingerprint density at radius 2 is 1.80 bits per heavy atom. The number of aryl methyl sites for hydroxylation is 2. The fraction of sp³-hybridized carbons (Fsp3) is 0.389. The molecular formula is C18H24N2. The highest BCUT2D eigenvalue weighted by Crippen LogP contribution is 2.45. The van der Waals surface area contributed by atoms with Crippen LogP contribution in [0.3, 0.4) is 0 Å². The van der Waals surface area contributed by atoms with Crippen LogP contribution in [0, 0.1) is 13.8 Å². The van der Waals surface area contributed by atoms with Gasteiger partial charge in [0.25, 0.3) is 0 Å². The Balaban J connectivity index is 2.28. The summed E-state index contributed by atoms with van der Waals surface area (Å²) in [6, 6.07) is 4.52. The molecular weight excluding hydrogens is 244 g/mol. The average Bonchev–Trinajstić information content (AvgIpc) is 3.23. The Labute approximate surface area is 122 Å². The van der Waals surface area contributed by atoms with E-state index in [1.807, 2.05) is 26.1 Å². The van der Waals surface area contributed by atoms with Gasteiger partial charge in [-0.25, -0.2) is 0 Å². The monoisotopic (exact) mass is 268 g/mol. The Bertz CT molecular complexity index is 588. The van der Waals surface area contributed by atoms with Gasteiger partial charge in [-0.1, -0.05) is 12.1 Å². The molecule has 1 aliphatic carbocycles. The molecule has 2 nitrogen and oxygen atoms in total. The van der Waals surface area contributed by atoms with Gasteiger partial charge in [0.1, 0.15) is 0 Å². The van der Waals surface area contributed by atoms with E-state index in [9.17, 15) is 0 Å². The molecule has 1 aromatic rings. The molecule has 2 N–H and O–H groups in total. The van der Waals surface area contributed by atoms with Gasteiger partial charge in [0, 0.05) is 6.21 Å². The molecule has 20 heavy (non-hydrogen) atoms. The molecule has 106 valence electrons. The van der Waals surface area contributed by atoms with Crippen LogP contribution < -0.4 is 5.73 Å². The van der Waals surface area contributed by atoms with Gasteiger partial charge in [0.2, 0.25) is 0 Å². The van der Waals surface area contributed by atoms with E-state index in [-0.39, 0.29) is 0 Å². The Morgan fingerprint density at radius 1 is 1.15 bits per heavy atom. The fourth-order valence-electron chi connectivity index (χ4n) is 2.27. The van der Waals surface area contributed by atoms with E-state index in [0.717, 1.165) is 22.8 Å². The van der Waals surface area contributed by atoms with Crippen molar-refractivity contribution in [3.05, 3.63) is 52.2 Å². The van der Waals surface area contributed by atoms with E-state index in [0.29, 0.717) is 0 Å². The number of nitrogens with zero attached hydrogens (tertiary/aromatic N) is 1. The molecule has 1 aromatic carbocycles. The van der Waals surface area contributed by atoms with Crippen molar-refractivity contribution in [2.75, 3.05) is 0 Å². The second-order valence-electron chi connectivity index (χ2n) is 5.83. The van der Waals surface area contributed by atoms with Crippen LogP contribution in [-0.4, -0.2) is 6.21 Å². The van der Waals surface area contributed by atoms with Gasteiger partial charge in [-0.05, 0) is 86.6 Å². The molecule has 0 aromatic heterocycles. The summed E-state index contributed by atoms with van der Waals surface area (Å²) in [5, 5.41) is 0. The number of aliphatic imine (C=N–C) groups is 1. The lowest BCUT2D eigenvalue weighted by atomic mass is 10.0. The lowest BCUT2D eigenvalue weighted by molar-refractivity contribution is 1.11. The van der Waals surface area contributed by atoms with Crippen molar-refractivity contribution in [2.24, 2.45) is 10.7 Å². The van der Waals surface area contributed by atoms with Gasteiger partial charge in [-0.2, -0.15) is 0 Å². The lowest BCUT2D eigenvalue weighted by Crippen LogP contribution is -1.89. The third-order valence-electron chi connectivity index (χ3n) is 3.79. The Kier molecular flexibility index (Phi) is 4.43. The maximum absolute atomic E-state index is 5.49. The first-order valence-corrected chi connectivity index (χ1v) is 7.23. The fourth-order valence-corrected chi connectivity index (χ4v) is 2.27. The zero-order chi connectivity index (χ0) is 14.7. The summed E-state index contributed by atoms with van der Waals surface area (Å²) in [6.45, 7) is 8.36. The van der Waals surface area contributed by atoms with Crippen LogP contribution >= 0.6 is 0 Å². The first kappa shape index (κ1) is 14.6. The van der Waals surface area contributed by atoms with Crippen LogP contribution in [0.5, 0.6) is 0 Å². The van der Waals surface area contributed by atoms with Crippen LogP contribution in [0.1, 0.15) is 49.3 Å². The van der Waals surface area contributed by atoms with Crippen molar-refractivity contribution in [1.82, 2.24) is 0 Å². The van der Waals surface area contributed by atoms with Crippen LogP contribution in [0.2, 0.25) is 0 Å². The van der Waals surface area contributed by atoms with E-state index in [4.69, 9.17) is 10.7 Å². The van der Waals surface area contributed by atoms with E-state index >= 15 is 0 Å². The zero-order valence-corrected chi connectivity index (χ0v) is 12.9. The number of rotatable bonds is 4. The number of allylic oxidation sites excluding steroid dienone is 3. The molecule has 1 fully saturated rings. The predicted molar refractivity (Wildman–Crippen MR) is 87.7 cm³/mol. The van der Waals surface area contributed by atoms with E-state index < -0.39 is 0 Å². The largest absolute Gasteiger partial charge is 0.404 e. The van der Waals surface area contributed by atoms with Gasteiger partial charge in [-0.15, -0.1) is 0 Å². The summed E-state index contributed by atoms with van der Waals surface area (Å²) >= 11 is 0. The summed E-state index contributed by atoms with van der Waals surface area (Å²) < 4.78 is 0. The molecule has 2 rings (SSSR count). The summed E-state index contributed by atoms with van der Waals surface area (Å²) in [4.78, 5) is 4.70. The molecule has 1 aliphatic rings. The first-order valence-electron chi connectivity index (χ1n) is 7.23. The third kappa shape index (κ3) is 3.60. The van der Waals surface area contributed by atoms with E-state index in [1.165, 1.54) is 29.5 Å². The molecule has 0 amide bonds. The summed E-state index contributed by atoms with van der Waals surface area (Å²) in [7, 11) is 0. The number of benzene rings is 1. The molecule has 0 unspecified atom stereocenters. The molecule has 1 saturated carbocycles. The highest BCUT2D eigenvalue weighted by atomic mass is 14.7. The SMILES string of the molecule is C/C(C=Nc1cc(C)c(C)cc1C1CC1)=C/C(C)=C/N. The number of hydrogen-bond donors (Lipinski definition) is 1. The summed E-state index contributed by atoms with van der Waals surface area (Å²) in [6.07, 6.45) is 8.19. The standard InChI is InChI=1S/C18H24N2/c1-12(10-19)7-13(2)11-20-18-9-15(4)14(3)8-17(18)16-5-6-16/h7-11,16H,5-6,19H2,1-4H3/b12-10+,13-7-,20-11?. The van der Waals surface area contributed by atoms with Gasteiger partial charge < -0.3 is 5.73 Å². The number of hydrogen-bond acceptors (Lipinski definition) is 2. The molecule has 0 saturated heterocycles. The van der Waals surface area contributed by atoms with Gasteiger partial charge in [-0.3, -0.25) is 4.99 Å². The Hall–Kier alpha value is -1.83. The van der Waals surface area contributed by atoms with Crippen LogP contribution in [-0.2, 0) is 0 Å². The van der Waals surface area contributed by atoms with E-state index in [2.05, 4.69) is 26.0 Å². The zero-order valence-electron chi connectivity index (χ0n) is 12.9. The summed E-state index contributed by atoms with van der Waals surface area (Å²) in [5.74, 6) is 0.719. The minimum Gasteiger partial charge on any atom is -0.404 e. The minimum atomic E-state index is 0.719. The summed E-state index contributed by atoms with van der Waals surface area (Å²) in [5.41, 5.74) is 12.8. The van der Waals surface area contributed by atoms with Gasteiger partial charge >= 0.3 is 0 Å². The van der Waals surface area contributed by atoms with Crippen molar-refractivity contribution < 1.29 is 0 Å². The van der Waals surface area contributed by atoms with Crippen molar-refractivity contribution in [1.29, 1.82) is 0 Å². The third-order valence-corrected chi connectivity index (χ3v) is 3.79. The Morgan fingerprint density at radius 3 is 2.40 bits per heavy atom. The first-order chi connectivity index (χ1) is 9.51. The predicted octanol–water partition coefficient (Wildman–Crippen LogP) is 4.69.